The molecule has 0 aliphatic carbocycles. The van der Waals surface area contributed by atoms with Crippen molar-refractivity contribution in [3.8, 4) is 16.9 Å². The predicted molar refractivity (Wildman–Crippen MR) is 139 cm³/mol. The van der Waals surface area contributed by atoms with Crippen molar-refractivity contribution in [2.45, 2.75) is 20.0 Å². The number of amides is 1. The summed E-state index contributed by atoms with van der Waals surface area (Å²) in [6, 6.07) is 27.0. The molecule has 0 spiro atoms. The van der Waals surface area contributed by atoms with Gasteiger partial charge in [0.2, 0.25) is 5.75 Å². The van der Waals surface area contributed by atoms with Gasteiger partial charge in [-0.15, -0.1) is 0 Å². The third-order valence-corrected chi connectivity index (χ3v) is 5.47. The van der Waals surface area contributed by atoms with Crippen molar-refractivity contribution in [3.05, 3.63) is 118 Å². The minimum absolute atomic E-state index is 0.0717. The number of aromatic nitrogens is 2. The lowest BCUT2D eigenvalue weighted by Gasteiger charge is -2.12. The van der Waals surface area contributed by atoms with E-state index in [4.69, 9.17) is 9.47 Å². The van der Waals surface area contributed by atoms with Gasteiger partial charge in [-0.2, -0.15) is 0 Å². The SMILES string of the molecule is CCOC(=O)CNC(=O)c1nc(Cc2cccc(-c3ccccc3)c2)[nH]c(=O)c1OCc1ccccc1. The van der Waals surface area contributed by atoms with E-state index in [-0.39, 0.29) is 37.6 Å². The Morgan fingerprint density at radius 3 is 2.30 bits per heavy atom. The standard InChI is InChI=1S/C29H27N3O5/c1-2-36-25(33)18-30-28(34)26-27(37-19-20-10-5-3-6-11-20)29(35)32-24(31-26)17-21-12-9-15-23(16-21)22-13-7-4-8-14-22/h3-16H,2,17-19H2,1H3,(H,30,34)(H,31,32,35). The second-order valence-corrected chi connectivity index (χ2v) is 8.20. The molecule has 4 rings (SSSR count). The highest BCUT2D eigenvalue weighted by molar-refractivity contribution is 5.96. The Morgan fingerprint density at radius 2 is 1.57 bits per heavy atom. The Morgan fingerprint density at radius 1 is 0.892 bits per heavy atom. The van der Waals surface area contributed by atoms with Gasteiger partial charge in [0.1, 0.15) is 19.0 Å². The average molecular weight is 498 g/mol. The van der Waals surface area contributed by atoms with E-state index in [2.05, 4.69) is 15.3 Å². The van der Waals surface area contributed by atoms with Crippen LogP contribution in [0.4, 0.5) is 0 Å². The van der Waals surface area contributed by atoms with E-state index in [0.29, 0.717) is 5.82 Å². The number of nitrogens with one attached hydrogen (secondary N) is 2. The van der Waals surface area contributed by atoms with Crippen LogP contribution in [0.25, 0.3) is 11.1 Å². The minimum atomic E-state index is -0.707. The lowest BCUT2D eigenvalue weighted by atomic mass is 10.0. The zero-order chi connectivity index (χ0) is 26.0. The van der Waals surface area contributed by atoms with Gasteiger partial charge in [-0.25, -0.2) is 4.98 Å². The van der Waals surface area contributed by atoms with Crippen LogP contribution in [0.15, 0.2) is 89.7 Å². The number of hydrogen-bond acceptors (Lipinski definition) is 6. The molecule has 0 aliphatic rings. The summed E-state index contributed by atoms with van der Waals surface area (Å²) in [7, 11) is 0. The van der Waals surface area contributed by atoms with Crippen molar-refractivity contribution in [3.63, 3.8) is 0 Å². The minimum Gasteiger partial charge on any atom is -0.481 e. The average Bonchev–Trinajstić information content (AvgIpc) is 2.92. The van der Waals surface area contributed by atoms with Crippen molar-refractivity contribution in [1.82, 2.24) is 15.3 Å². The van der Waals surface area contributed by atoms with Crippen LogP contribution < -0.4 is 15.6 Å². The van der Waals surface area contributed by atoms with E-state index in [1.807, 2.05) is 84.9 Å². The zero-order valence-electron chi connectivity index (χ0n) is 20.4. The molecule has 0 saturated heterocycles. The number of aromatic amines is 1. The van der Waals surface area contributed by atoms with Crippen LogP contribution in [0, 0.1) is 0 Å². The highest BCUT2D eigenvalue weighted by Crippen LogP contribution is 2.21. The van der Waals surface area contributed by atoms with Gasteiger partial charge >= 0.3 is 5.97 Å². The summed E-state index contributed by atoms with van der Waals surface area (Å²) in [6.45, 7) is 1.58. The maximum Gasteiger partial charge on any atom is 0.325 e. The number of esters is 1. The molecule has 1 aromatic heterocycles. The van der Waals surface area contributed by atoms with Crippen molar-refractivity contribution < 1.29 is 19.1 Å². The number of ether oxygens (including phenoxy) is 2. The van der Waals surface area contributed by atoms with Gasteiger partial charge in [-0.05, 0) is 29.2 Å². The van der Waals surface area contributed by atoms with Gasteiger partial charge in [-0.3, -0.25) is 14.4 Å². The number of carbonyl (C=O) groups excluding carboxylic acids is 2. The summed E-state index contributed by atoms with van der Waals surface area (Å²) in [5, 5.41) is 2.46. The van der Waals surface area contributed by atoms with Crippen molar-refractivity contribution in [2.75, 3.05) is 13.2 Å². The second kappa shape index (κ2) is 12.3. The zero-order valence-corrected chi connectivity index (χ0v) is 20.4. The van der Waals surface area contributed by atoms with E-state index < -0.39 is 17.4 Å². The first-order chi connectivity index (χ1) is 18.0. The van der Waals surface area contributed by atoms with Gasteiger partial charge in [0.25, 0.3) is 11.5 Å². The van der Waals surface area contributed by atoms with E-state index in [9.17, 15) is 14.4 Å². The Hall–Kier alpha value is -4.72. The highest BCUT2D eigenvalue weighted by Gasteiger charge is 2.21. The molecule has 4 aromatic rings. The Balaban J connectivity index is 1.61. The van der Waals surface area contributed by atoms with Crippen molar-refractivity contribution in [2.24, 2.45) is 0 Å². The normalized spacial score (nSPS) is 10.5. The Bertz CT molecular complexity index is 1420. The monoisotopic (exact) mass is 497 g/mol. The van der Waals surface area contributed by atoms with Crippen molar-refractivity contribution >= 4 is 11.9 Å². The number of hydrogen-bond donors (Lipinski definition) is 2. The largest absolute Gasteiger partial charge is 0.481 e. The molecule has 1 heterocycles. The predicted octanol–water partition coefficient (Wildman–Crippen LogP) is 3.90. The Labute approximate surface area is 214 Å². The summed E-state index contributed by atoms with van der Waals surface area (Å²) in [5.74, 6) is -1.22. The van der Waals surface area contributed by atoms with Gasteiger partial charge in [0.05, 0.1) is 6.61 Å². The number of benzene rings is 3. The molecule has 0 fully saturated rings. The second-order valence-electron chi connectivity index (χ2n) is 8.20. The Kier molecular flexibility index (Phi) is 8.44. The summed E-state index contributed by atoms with van der Waals surface area (Å²) in [4.78, 5) is 44.9. The van der Waals surface area contributed by atoms with Crippen LogP contribution in [-0.2, 0) is 22.6 Å². The van der Waals surface area contributed by atoms with Crippen LogP contribution in [0.1, 0.15) is 34.4 Å². The van der Waals surface area contributed by atoms with Crippen molar-refractivity contribution in [1.29, 1.82) is 0 Å². The fourth-order valence-electron chi connectivity index (χ4n) is 3.74. The molecule has 1 amide bonds. The van der Waals surface area contributed by atoms with E-state index in [1.54, 1.807) is 6.92 Å². The molecule has 0 aliphatic heterocycles. The van der Waals surface area contributed by atoms with Gasteiger partial charge in [-0.1, -0.05) is 84.9 Å². The topological polar surface area (TPSA) is 110 Å². The van der Waals surface area contributed by atoms with E-state index >= 15 is 0 Å². The number of nitrogens with zero attached hydrogens (tertiary/aromatic N) is 1. The first-order valence-corrected chi connectivity index (χ1v) is 11.9. The molecule has 37 heavy (non-hydrogen) atoms. The molecule has 0 unspecified atom stereocenters. The van der Waals surface area contributed by atoms with E-state index in [0.717, 1.165) is 22.3 Å². The smallest absolute Gasteiger partial charge is 0.325 e. The third-order valence-electron chi connectivity index (χ3n) is 5.47. The first-order valence-electron chi connectivity index (χ1n) is 11.9. The van der Waals surface area contributed by atoms with Gasteiger partial charge < -0.3 is 19.8 Å². The molecule has 188 valence electrons. The lowest BCUT2D eigenvalue weighted by molar-refractivity contribution is -0.141. The van der Waals surface area contributed by atoms with Crippen LogP contribution in [0.5, 0.6) is 5.75 Å². The molecular weight excluding hydrogens is 470 g/mol. The number of carbonyl (C=O) groups is 2. The molecule has 8 heteroatoms. The van der Waals surface area contributed by atoms with Crippen LogP contribution in [-0.4, -0.2) is 35.0 Å². The van der Waals surface area contributed by atoms with E-state index in [1.165, 1.54) is 0 Å². The molecule has 0 saturated carbocycles. The molecule has 0 atom stereocenters. The summed E-state index contributed by atoms with van der Waals surface area (Å²) in [6.07, 6.45) is 0.285. The number of H-pyrrole nitrogens is 1. The third kappa shape index (κ3) is 6.91. The maximum atomic E-state index is 13.0. The van der Waals surface area contributed by atoms with Crippen LogP contribution in [0.2, 0.25) is 0 Å². The van der Waals surface area contributed by atoms with Gasteiger partial charge in [0, 0.05) is 6.42 Å². The lowest BCUT2D eigenvalue weighted by Crippen LogP contribution is -2.33. The summed E-state index contributed by atoms with van der Waals surface area (Å²) in [5.41, 5.74) is 3.03. The van der Waals surface area contributed by atoms with Crippen LogP contribution in [0.3, 0.4) is 0 Å². The molecular formula is C29H27N3O5. The molecule has 8 nitrogen and oxygen atoms in total. The van der Waals surface area contributed by atoms with Crippen LogP contribution >= 0.6 is 0 Å². The fraction of sp³-hybridized carbons (Fsp3) is 0.172. The number of rotatable bonds is 10. The fourth-order valence-corrected chi connectivity index (χ4v) is 3.74. The molecule has 2 N–H and O–H groups in total. The first kappa shape index (κ1) is 25.4. The molecule has 0 bridgehead atoms. The molecule has 0 radical (unpaired) electrons. The quantitative estimate of drug-likeness (QED) is 0.322. The molecule has 3 aromatic carbocycles. The maximum absolute atomic E-state index is 13.0. The summed E-state index contributed by atoms with van der Waals surface area (Å²) < 4.78 is 10.6. The highest BCUT2D eigenvalue weighted by atomic mass is 16.5. The van der Waals surface area contributed by atoms with Gasteiger partial charge in [0.15, 0.2) is 5.69 Å². The summed E-state index contributed by atoms with van der Waals surface area (Å²) >= 11 is 0.